The van der Waals surface area contributed by atoms with Gasteiger partial charge >= 0.3 is 6.03 Å². The van der Waals surface area contributed by atoms with Gasteiger partial charge < -0.3 is 14.7 Å². The maximum absolute atomic E-state index is 13.3. The molecular weight excluding hydrogens is 321 g/mol. The average molecular weight is 347 g/mol. The molecule has 25 heavy (non-hydrogen) atoms. The highest BCUT2D eigenvalue weighted by atomic mass is 19.1. The van der Waals surface area contributed by atoms with Gasteiger partial charge in [-0.2, -0.15) is 0 Å². The molecular formula is C19H26FN3O2. The summed E-state index contributed by atoms with van der Waals surface area (Å²) < 4.78 is 13.3. The van der Waals surface area contributed by atoms with Gasteiger partial charge in [0.25, 0.3) is 0 Å². The minimum absolute atomic E-state index is 0.0212. The molecule has 3 amide bonds. The first-order valence-corrected chi connectivity index (χ1v) is 8.71. The second-order valence-electron chi connectivity index (χ2n) is 7.93. The Morgan fingerprint density at radius 2 is 1.48 bits per heavy atom. The molecule has 136 valence electrons. The summed E-state index contributed by atoms with van der Waals surface area (Å²) in [6.07, 6.45) is 0.765. The van der Waals surface area contributed by atoms with E-state index in [1.807, 2.05) is 4.90 Å². The summed E-state index contributed by atoms with van der Waals surface area (Å²) in [6, 6.07) is 6.28. The molecule has 1 saturated heterocycles. The van der Waals surface area contributed by atoms with Gasteiger partial charge in [-0.25, -0.2) is 9.18 Å². The number of carbonyl (C=O) groups is 2. The van der Waals surface area contributed by atoms with Crippen LogP contribution in [0, 0.1) is 11.2 Å². The first-order chi connectivity index (χ1) is 11.7. The molecule has 2 fully saturated rings. The fourth-order valence-corrected chi connectivity index (χ4v) is 3.99. The summed E-state index contributed by atoms with van der Waals surface area (Å²) in [6.45, 7) is 6.33. The van der Waals surface area contributed by atoms with E-state index in [0.717, 1.165) is 12.0 Å². The molecule has 6 heteroatoms. The molecule has 0 aromatic heterocycles. The summed E-state index contributed by atoms with van der Waals surface area (Å²) in [7, 11) is 3.46. The van der Waals surface area contributed by atoms with E-state index in [2.05, 4.69) is 13.8 Å². The van der Waals surface area contributed by atoms with Gasteiger partial charge in [-0.1, -0.05) is 26.0 Å². The normalized spacial score (nSPS) is 24.8. The van der Waals surface area contributed by atoms with Gasteiger partial charge in [0.05, 0.1) is 5.41 Å². The van der Waals surface area contributed by atoms with Crippen LogP contribution in [0.4, 0.5) is 9.18 Å². The van der Waals surface area contributed by atoms with E-state index in [-0.39, 0.29) is 23.2 Å². The zero-order valence-corrected chi connectivity index (χ0v) is 15.4. The molecule has 0 radical (unpaired) electrons. The lowest BCUT2D eigenvalue weighted by Crippen LogP contribution is -2.55. The molecule has 0 bridgehead atoms. The summed E-state index contributed by atoms with van der Waals surface area (Å²) >= 11 is 0. The van der Waals surface area contributed by atoms with Crippen LogP contribution in [-0.2, 0) is 10.2 Å². The highest BCUT2D eigenvalue weighted by Gasteiger charge is 2.68. The Bertz CT molecular complexity index is 678. The molecule has 5 nitrogen and oxygen atoms in total. The van der Waals surface area contributed by atoms with E-state index >= 15 is 0 Å². The number of urea groups is 1. The van der Waals surface area contributed by atoms with Crippen LogP contribution in [0.2, 0.25) is 0 Å². The van der Waals surface area contributed by atoms with Crippen LogP contribution in [0.3, 0.4) is 0 Å². The second kappa shape index (κ2) is 6.00. The molecule has 1 aliphatic heterocycles. The zero-order valence-electron chi connectivity index (χ0n) is 15.4. The quantitative estimate of drug-likeness (QED) is 0.824. The largest absolute Gasteiger partial charge is 0.338 e. The summed E-state index contributed by atoms with van der Waals surface area (Å²) in [5.41, 5.74) is 0.170. The fourth-order valence-electron chi connectivity index (χ4n) is 3.99. The molecule has 1 atom stereocenters. The molecule has 1 saturated carbocycles. The van der Waals surface area contributed by atoms with Crippen molar-refractivity contribution in [3.05, 3.63) is 35.6 Å². The molecule has 3 rings (SSSR count). The first-order valence-electron chi connectivity index (χ1n) is 8.71. The predicted molar refractivity (Wildman–Crippen MR) is 93.7 cm³/mol. The Kier molecular flexibility index (Phi) is 4.25. The molecule has 0 spiro atoms. The van der Waals surface area contributed by atoms with Crippen molar-refractivity contribution < 1.29 is 14.0 Å². The Morgan fingerprint density at radius 3 is 1.92 bits per heavy atom. The number of hydrogen-bond donors (Lipinski definition) is 0. The first kappa shape index (κ1) is 17.7. The van der Waals surface area contributed by atoms with Gasteiger partial charge in [0.2, 0.25) is 5.91 Å². The Morgan fingerprint density at radius 1 is 1.00 bits per heavy atom. The highest BCUT2D eigenvalue weighted by Crippen LogP contribution is 2.65. The molecule has 1 aliphatic carbocycles. The standard InChI is InChI=1S/C19H26FN3O2/c1-18(2)13-19(18,14-5-7-15(20)8-6-14)16(24)22-9-11-23(12-10-22)17(25)21(3)4/h5-8H,9-13H2,1-4H3/t19-/m0/s1. The van der Waals surface area contributed by atoms with Crippen LogP contribution in [0.25, 0.3) is 0 Å². The van der Waals surface area contributed by atoms with Gasteiger partial charge in [0, 0.05) is 40.3 Å². The van der Waals surface area contributed by atoms with Gasteiger partial charge in [-0.15, -0.1) is 0 Å². The van der Waals surface area contributed by atoms with Crippen LogP contribution in [0.15, 0.2) is 24.3 Å². The predicted octanol–water partition coefficient (Wildman–Crippen LogP) is 2.32. The Hall–Kier alpha value is -2.11. The monoisotopic (exact) mass is 347 g/mol. The number of amides is 3. The number of halogens is 1. The van der Waals surface area contributed by atoms with Crippen molar-refractivity contribution in [1.29, 1.82) is 0 Å². The zero-order chi connectivity index (χ0) is 18.4. The lowest BCUT2D eigenvalue weighted by molar-refractivity contribution is -0.136. The molecule has 2 aliphatic rings. The maximum Gasteiger partial charge on any atom is 0.319 e. The van der Waals surface area contributed by atoms with Crippen LogP contribution < -0.4 is 0 Å². The van der Waals surface area contributed by atoms with Crippen LogP contribution in [-0.4, -0.2) is 66.9 Å². The van der Waals surface area contributed by atoms with Crippen LogP contribution in [0.5, 0.6) is 0 Å². The minimum Gasteiger partial charge on any atom is -0.338 e. The van der Waals surface area contributed by atoms with Crippen molar-refractivity contribution in [2.45, 2.75) is 25.7 Å². The SMILES string of the molecule is CN(C)C(=O)N1CCN(C(=O)[C@@]2(c3ccc(F)cc3)CC2(C)C)CC1. The summed E-state index contributed by atoms with van der Waals surface area (Å²) in [5.74, 6) is -0.193. The molecule has 1 aromatic carbocycles. The number of piperazine rings is 1. The average Bonchev–Trinajstić information content (AvgIpc) is 3.17. The third kappa shape index (κ3) is 2.87. The number of benzene rings is 1. The smallest absolute Gasteiger partial charge is 0.319 e. The number of nitrogens with zero attached hydrogens (tertiary/aromatic N) is 3. The van der Waals surface area contributed by atoms with E-state index < -0.39 is 5.41 Å². The Labute approximate surface area is 148 Å². The van der Waals surface area contributed by atoms with Gasteiger partial charge in [0.1, 0.15) is 5.82 Å². The maximum atomic E-state index is 13.3. The van der Waals surface area contributed by atoms with Crippen molar-refractivity contribution >= 4 is 11.9 Å². The fraction of sp³-hybridized carbons (Fsp3) is 0.579. The van der Waals surface area contributed by atoms with Crippen LogP contribution >= 0.6 is 0 Å². The van der Waals surface area contributed by atoms with Crippen molar-refractivity contribution in [3.63, 3.8) is 0 Å². The van der Waals surface area contributed by atoms with E-state index in [1.54, 1.807) is 36.0 Å². The van der Waals surface area contributed by atoms with Crippen LogP contribution in [0.1, 0.15) is 25.8 Å². The molecule has 1 aromatic rings. The summed E-state index contributed by atoms with van der Waals surface area (Å²) in [5, 5.41) is 0. The lowest BCUT2D eigenvalue weighted by Gasteiger charge is -2.38. The lowest BCUT2D eigenvalue weighted by atomic mass is 9.86. The van der Waals surface area contributed by atoms with Crippen molar-refractivity contribution in [3.8, 4) is 0 Å². The molecule has 0 N–H and O–H groups in total. The highest BCUT2D eigenvalue weighted by molar-refractivity contribution is 5.93. The van der Waals surface area contributed by atoms with E-state index in [9.17, 15) is 14.0 Å². The third-order valence-corrected chi connectivity index (χ3v) is 5.66. The van der Waals surface area contributed by atoms with Gasteiger partial charge in [-0.3, -0.25) is 4.79 Å². The third-order valence-electron chi connectivity index (χ3n) is 5.66. The molecule has 1 heterocycles. The van der Waals surface area contributed by atoms with E-state index in [1.165, 1.54) is 12.1 Å². The number of rotatable bonds is 2. The topological polar surface area (TPSA) is 43.9 Å². The minimum atomic E-state index is -0.575. The van der Waals surface area contributed by atoms with Gasteiger partial charge in [0.15, 0.2) is 0 Å². The Balaban J connectivity index is 1.76. The van der Waals surface area contributed by atoms with Crippen molar-refractivity contribution in [1.82, 2.24) is 14.7 Å². The second-order valence-corrected chi connectivity index (χ2v) is 7.93. The number of carbonyl (C=O) groups excluding carboxylic acids is 2. The summed E-state index contributed by atoms with van der Waals surface area (Å²) in [4.78, 5) is 30.6. The molecule has 0 unspecified atom stereocenters. The van der Waals surface area contributed by atoms with Gasteiger partial charge in [-0.05, 0) is 29.5 Å². The van der Waals surface area contributed by atoms with Crippen molar-refractivity contribution in [2.24, 2.45) is 5.41 Å². The van der Waals surface area contributed by atoms with Crippen molar-refractivity contribution in [2.75, 3.05) is 40.3 Å². The van der Waals surface area contributed by atoms with E-state index in [4.69, 9.17) is 0 Å². The van der Waals surface area contributed by atoms with E-state index in [0.29, 0.717) is 26.2 Å². The number of hydrogen-bond acceptors (Lipinski definition) is 2.